The number of rotatable bonds is 6. The van der Waals surface area contributed by atoms with Gasteiger partial charge in [-0.2, -0.15) is 0 Å². The average molecular weight is 416 g/mol. The van der Waals surface area contributed by atoms with Crippen LogP contribution in [0.5, 0.6) is 0 Å². The van der Waals surface area contributed by atoms with E-state index < -0.39 is 0 Å². The van der Waals surface area contributed by atoms with Crippen LogP contribution in [0.25, 0.3) is 0 Å². The summed E-state index contributed by atoms with van der Waals surface area (Å²) in [6, 6.07) is 0.289. The maximum atomic E-state index is 12.3. The van der Waals surface area contributed by atoms with Crippen molar-refractivity contribution in [3.63, 3.8) is 0 Å². The normalized spacial score (nSPS) is 44.1. The predicted octanol–water partition coefficient (Wildman–Crippen LogP) is 7.37. The van der Waals surface area contributed by atoms with Gasteiger partial charge in [0.2, 0.25) is 5.91 Å². The summed E-state index contributed by atoms with van der Waals surface area (Å²) in [6.07, 6.45) is 18.0. The maximum Gasteiger partial charge on any atom is 0.220 e. The minimum Gasteiger partial charge on any atom is -0.353 e. The zero-order valence-corrected chi connectivity index (χ0v) is 20.6. The Bertz CT molecular complexity index is 614. The molecule has 0 saturated heterocycles. The van der Waals surface area contributed by atoms with Crippen LogP contribution in [0.2, 0.25) is 0 Å². The predicted molar refractivity (Wildman–Crippen MR) is 126 cm³/mol. The number of hydrogen-bond donors (Lipinski definition) is 1. The van der Waals surface area contributed by atoms with Gasteiger partial charge in [-0.3, -0.25) is 4.79 Å². The van der Waals surface area contributed by atoms with Crippen LogP contribution in [0, 0.1) is 46.3 Å². The number of amides is 1. The van der Waals surface area contributed by atoms with Crippen LogP contribution in [-0.4, -0.2) is 11.9 Å². The molecule has 0 heterocycles. The van der Waals surface area contributed by atoms with Crippen LogP contribution >= 0.6 is 0 Å². The van der Waals surface area contributed by atoms with E-state index in [4.69, 9.17) is 0 Å². The summed E-state index contributed by atoms with van der Waals surface area (Å²) in [5.41, 5.74) is 1.21. The van der Waals surface area contributed by atoms with E-state index in [1.54, 1.807) is 0 Å². The Hall–Kier alpha value is -0.530. The van der Waals surface area contributed by atoms with Gasteiger partial charge in [-0.15, -0.1) is 0 Å². The van der Waals surface area contributed by atoms with Crippen LogP contribution in [0.15, 0.2) is 0 Å². The van der Waals surface area contributed by atoms with Gasteiger partial charge in [0.05, 0.1) is 0 Å². The van der Waals surface area contributed by atoms with Gasteiger partial charge in [-0.05, 0) is 117 Å². The van der Waals surface area contributed by atoms with Crippen LogP contribution in [0.3, 0.4) is 0 Å². The van der Waals surface area contributed by atoms with Crippen molar-refractivity contribution in [1.29, 1.82) is 0 Å². The van der Waals surface area contributed by atoms with Crippen molar-refractivity contribution in [3.05, 3.63) is 0 Å². The first-order valence-electron chi connectivity index (χ1n) is 13.5. The maximum absolute atomic E-state index is 12.3. The smallest absolute Gasteiger partial charge is 0.220 e. The molecule has 30 heavy (non-hydrogen) atoms. The summed E-state index contributed by atoms with van der Waals surface area (Å²) in [7, 11) is 0. The molecule has 4 saturated carbocycles. The van der Waals surface area contributed by atoms with E-state index in [0.29, 0.717) is 16.7 Å². The van der Waals surface area contributed by atoms with Gasteiger partial charge in [-0.1, -0.05) is 40.5 Å². The second kappa shape index (κ2) is 8.78. The van der Waals surface area contributed by atoms with Gasteiger partial charge in [0.15, 0.2) is 0 Å². The molecule has 2 heteroatoms. The van der Waals surface area contributed by atoms with Gasteiger partial charge < -0.3 is 5.32 Å². The highest BCUT2D eigenvalue weighted by atomic mass is 16.1. The molecule has 0 radical (unpaired) electrons. The van der Waals surface area contributed by atoms with Gasteiger partial charge in [0.25, 0.3) is 0 Å². The molecule has 4 aliphatic rings. The van der Waals surface area contributed by atoms with Crippen molar-refractivity contribution >= 4 is 5.91 Å². The molecule has 4 aliphatic carbocycles. The van der Waals surface area contributed by atoms with Crippen LogP contribution in [-0.2, 0) is 4.79 Å². The van der Waals surface area contributed by atoms with Crippen molar-refractivity contribution in [2.45, 2.75) is 124 Å². The molecule has 8 atom stereocenters. The summed E-state index contributed by atoms with van der Waals surface area (Å²) < 4.78 is 0. The molecule has 4 fully saturated rings. The number of nitrogens with one attached hydrogen (secondary N) is 1. The third-order valence-corrected chi connectivity index (χ3v) is 11.1. The number of carbonyl (C=O) groups excluding carboxylic acids is 1. The Labute approximate surface area is 186 Å². The first-order chi connectivity index (χ1) is 14.3. The molecule has 0 bridgehead atoms. The molecule has 2 nitrogen and oxygen atoms in total. The topological polar surface area (TPSA) is 29.1 Å². The number of carbonyl (C=O) groups is 1. The Morgan fingerprint density at radius 2 is 1.67 bits per heavy atom. The molecule has 0 aromatic carbocycles. The monoisotopic (exact) mass is 415 g/mol. The molecule has 172 valence electrons. The quantitative estimate of drug-likeness (QED) is 0.482. The molecule has 0 aliphatic heterocycles. The minimum atomic E-state index is 0.267. The van der Waals surface area contributed by atoms with Gasteiger partial charge >= 0.3 is 0 Å². The fourth-order valence-corrected chi connectivity index (χ4v) is 8.88. The minimum absolute atomic E-state index is 0.267. The molecular weight excluding hydrogens is 366 g/mol. The highest BCUT2D eigenvalue weighted by Crippen LogP contribution is 2.67. The molecule has 1 amide bonds. The van der Waals surface area contributed by atoms with Gasteiger partial charge in [0.1, 0.15) is 0 Å². The summed E-state index contributed by atoms with van der Waals surface area (Å²) in [6.45, 7) is 11.8. The van der Waals surface area contributed by atoms with Crippen molar-refractivity contribution < 1.29 is 4.79 Å². The Kier molecular flexibility index (Phi) is 6.63. The van der Waals surface area contributed by atoms with E-state index >= 15 is 0 Å². The molecule has 4 rings (SSSR count). The summed E-state index contributed by atoms with van der Waals surface area (Å²) in [4.78, 5) is 12.3. The fraction of sp³-hybridized carbons (Fsp3) is 0.964. The second-order valence-electron chi connectivity index (χ2n) is 12.7. The molecular formula is C28H49NO. The largest absolute Gasteiger partial charge is 0.353 e. The summed E-state index contributed by atoms with van der Waals surface area (Å²) in [5.74, 6) is 5.65. The van der Waals surface area contributed by atoms with Crippen molar-refractivity contribution in [2.75, 3.05) is 0 Å². The Balaban J connectivity index is 1.34. The lowest BCUT2D eigenvalue weighted by atomic mass is 9.45. The van der Waals surface area contributed by atoms with E-state index in [1.165, 1.54) is 70.6 Å². The molecule has 0 aromatic rings. The first-order valence-corrected chi connectivity index (χ1v) is 13.5. The summed E-state index contributed by atoms with van der Waals surface area (Å²) in [5, 5.41) is 3.20. The lowest BCUT2D eigenvalue weighted by Gasteiger charge is -2.60. The van der Waals surface area contributed by atoms with Gasteiger partial charge in [-0.25, -0.2) is 0 Å². The van der Waals surface area contributed by atoms with E-state index in [-0.39, 0.29) is 11.9 Å². The van der Waals surface area contributed by atoms with E-state index in [9.17, 15) is 4.79 Å². The number of hydrogen-bond acceptors (Lipinski definition) is 1. The van der Waals surface area contributed by atoms with Crippen molar-refractivity contribution in [2.24, 2.45) is 46.3 Å². The third-order valence-electron chi connectivity index (χ3n) is 11.1. The molecule has 6 unspecified atom stereocenters. The SMILES string of the molecule is CC(C)C(C)NC(=O)CCCC1CCC2C3CC[C@@H]4CCCC[C@]4(C)C3CCC12C. The van der Waals surface area contributed by atoms with E-state index in [1.807, 2.05) is 0 Å². The van der Waals surface area contributed by atoms with Crippen LogP contribution in [0.1, 0.15) is 118 Å². The van der Waals surface area contributed by atoms with Crippen molar-refractivity contribution in [3.8, 4) is 0 Å². The highest BCUT2D eigenvalue weighted by molar-refractivity contribution is 5.76. The zero-order chi connectivity index (χ0) is 21.5. The fourth-order valence-electron chi connectivity index (χ4n) is 8.88. The average Bonchev–Trinajstić information content (AvgIpc) is 3.04. The lowest BCUT2D eigenvalue weighted by molar-refractivity contribution is -0.122. The summed E-state index contributed by atoms with van der Waals surface area (Å²) >= 11 is 0. The highest BCUT2D eigenvalue weighted by Gasteiger charge is 2.59. The van der Waals surface area contributed by atoms with Crippen molar-refractivity contribution in [1.82, 2.24) is 5.32 Å². The lowest BCUT2D eigenvalue weighted by Crippen LogP contribution is -2.52. The molecule has 0 spiro atoms. The standard InChI is InChI=1S/C28H49NO/c1-19(2)20(3)29-26(30)11-8-10-22-13-15-24-23-14-12-21-9-6-7-17-27(21,4)25(23)16-18-28(22,24)5/h19-25H,6-18H2,1-5H3,(H,29,30)/t20?,21-,22?,23?,24?,25?,27-,28?/m0/s1. The zero-order valence-electron chi connectivity index (χ0n) is 20.6. The Morgan fingerprint density at radius 1 is 0.900 bits per heavy atom. The third kappa shape index (κ3) is 3.99. The Morgan fingerprint density at radius 3 is 2.43 bits per heavy atom. The van der Waals surface area contributed by atoms with Gasteiger partial charge in [0, 0.05) is 12.5 Å². The molecule has 0 aromatic heterocycles. The van der Waals surface area contributed by atoms with Crippen LogP contribution < -0.4 is 5.32 Å². The first kappa shape index (κ1) is 22.7. The number of fused-ring (bicyclic) bond motifs is 5. The van der Waals surface area contributed by atoms with E-state index in [0.717, 1.165) is 42.4 Å². The van der Waals surface area contributed by atoms with E-state index in [2.05, 4.69) is 39.9 Å². The molecule has 1 N–H and O–H groups in total. The second-order valence-corrected chi connectivity index (χ2v) is 12.7. The van der Waals surface area contributed by atoms with Crippen LogP contribution in [0.4, 0.5) is 0 Å².